The summed E-state index contributed by atoms with van der Waals surface area (Å²) in [5.74, 6) is 0.593. The van der Waals surface area contributed by atoms with E-state index in [2.05, 4.69) is 32.6 Å². The first-order chi connectivity index (χ1) is 10.1. The van der Waals surface area contributed by atoms with Gasteiger partial charge in [-0.3, -0.25) is 0 Å². The van der Waals surface area contributed by atoms with Crippen LogP contribution in [0.25, 0.3) is 22.6 Å². The summed E-state index contributed by atoms with van der Waals surface area (Å²) in [5.41, 5.74) is 2.73. The van der Waals surface area contributed by atoms with E-state index in [9.17, 15) is 0 Å². The number of aromatic nitrogens is 2. The minimum atomic E-state index is 0.453. The van der Waals surface area contributed by atoms with Gasteiger partial charge in [0.25, 0.3) is 0 Å². The molecule has 0 spiro atoms. The van der Waals surface area contributed by atoms with Crippen LogP contribution in [0.1, 0.15) is 0 Å². The van der Waals surface area contributed by atoms with Crippen molar-refractivity contribution in [2.45, 2.75) is 0 Å². The first-order valence-electron chi connectivity index (χ1n) is 6.19. The monoisotopic (exact) mass is 426 g/mol. The summed E-state index contributed by atoms with van der Waals surface area (Å²) in [4.78, 5) is 9.02. The Morgan fingerprint density at radius 1 is 0.762 bits per heavy atom. The van der Waals surface area contributed by atoms with Crippen molar-refractivity contribution in [3.63, 3.8) is 0 Å². The molecule has 0 bridgehead atoms. The zero-order chi connectivity index (χ0) is 14.8. The predicted octanol–water partition coefficient (Wildman–Crippen LogP) is 5.72. The quantitative estimate of drug-likeness (QED) is 0.386. The van der Waals surface area contributed by atoms with Gasteiger partial charge in [-0.2, -0.15) is 0 Å². The molecule has 2 nitrogen and oxygen atoms in total. The van der Waals surface area contributed by atoms with E-state index in [1.165, 1.54) is 0 Å². The van der Waals surface area contributed by atoms with E-state index in [0.29, 0.717) is 16.0 Å². The first-order valence-corrected chi connectivity index (χ1v) is 8.03. The van der Waals surface area contributed by atoms with Gasteiger partial charge in [-0.1, -0.05) is 53.5 Å². The van der Waals surface area contributed by atoms with Crippen LogP contribution in [0.5, 0.6) is 0 Å². The second-order valence-corrected chi connectivity index (χ2v) is 6.25. The molecule has 104 valence electrons. The molecule has 0 fully saturated rings. The van der Waals surface area contributed by atoms with E-state index in [4.69, 9.17) is 23.2 Å². The fourth-order valence-corrected chi connectivity index (χ4v) is 2.78. The molecule has 0 amide bonds. The van der Waals surface area contributed by atoms with Crippen LogP contribution in [0.4, 0.5) is 0 Å². The van der Waals surface area contributed by atoms with Crippen LogP contribution in [-0.2, 0) is 0 Å². The Hall–Kier alpha value is -1.17. The van der Waals surface area contributed by atoms with Crippen LogP contribution in [-0.4, -0.2) is 9.97 Å². The molecule has 0 saturated carbocycles. The lowest BCUT2D eigenvalue weighted by Gasteiger charge is -2.08. The molecule has 0 unspecified atom stereocenters. The lowest BCUT2D eigenvalue weighted by atomic mass is 10.1. The van der Waals surface area contributed by atoms with Crippen molar-refractivity contribution in [2.24, 2.45) is 0 Å². The van der Waals surface area contributed by atoms with Gasteiger partial charge in [0, 0.05) is 16.1 Å². The summed E-state index contributed by atoms with van der Waals surface area (Å²) < 4.78 is 0.846. The Morgan fingerprint density at radius 2 is 1.43 bits per heavy atom. The van der Waals surface area contributed by atoms with Crippen LogP contribution in [0.3, 0.4) is 0 Å². The fourth-order valence-electron chi connectivity index (χ4n) is 1.94. The minimum absolute atomic E-state index is 0.453. The maximum absolute atomic E-state index is 6.27. The molecule has 1 aromatic heterocycles. The van der Waals surface area contributed by atoms with Gasteiger partial charge in [0.2, 0.25) is 0 Å². The predicted molar refractivity (Wildman–Crippen MR) is 95.6 cm³/mol. The topological polar surface area (TPSA) is 25.8 Å². The van der Waals surface area contributed by atoms with Crippen LogP contribution in [0, 0.1) is 3.57 Å². The Kier molecular flexibility index (Phi) is 4.42. The van der Waals surface area contributed by atoms with Gasteiger partial charge >= 0.3 is 0 Å². The third kappa shape index (κ3) is 3.20. The largest absolute Gasteiger partial charge is 0.227 e. The number of hydrogen-bond acceptors (Lipinski definition) is 2. The third-order valence-corrected chi connectivity index (χ3v) is 4.83. The van der Waals surface area contributed by atoms with Crippen LogP contribution >= 0.6 is 45.8 Å². The third-order valence-electron chi connectivity index (χ3n) is 2.96. The Morgan fingerprint density at radius 3 is 2.10 bits per heavy atom. The van der Waals surface area contributed by atoms with E-state index in [1.807, 2.05) is 54.6 Å². The van der Waals surface area contributed by atoms with Gasteiger partial charge in [-0.25, -0.2) is 9.97 Å². The average Bonchev–Trinajstić information content (AvgIpc) is 2.51. The Balaban J connectivity index is 2.16. The maximum Gasteiger partial charge on any atom is 0.161 e. The summed E-state index contributed by atoms with van der Waals surface area (Å²) in [6, 6.07) is 17.3. The molecule has 0 aliphatic rings. The van der Waals surface area contributed by atoms with E-state index < -0.39 is 0 Å². The van der Waals surface area contributed by atoms with Gasteiger partial charge in [-0.15, -0.1) is 0 Å². The number of nitrogens with zero attached hydrogens (tertiary/aromatic N) is 2. The summed E-state index contributed by atoms with van der Waals surface area (Å²) in [6.45, 7) is 0. The van der Waals surface area contributed by atoms with Crippen molar-refractivity contribution < 1.29 is 0 Å². The smallest absolute Gasteiger partial charge is 0.161 e. The lowest BCUT2D eigenvalue weighted by molar-refractivity contribution is 1.16. The zero-order valence-electron chi connectivity index (χ0n) is 10.7. The van der Waals surface area contributed by atoms with Gasteiger partial charge in [0.05, 0.1) is 9.26 Å². The molecule has 0 atom stereocenters. The highest BCUT2D eigenvalue weighted by molar-refractivity contribution is 14.1. The van der Waals surface area contributed by atoms with Crippen molar-refractivity contribution in [1.29, 1.82) is 0 Å². The highest BCUT2D eigenvalue weighted by atomic mass is 127. The van der Waals surface area contributed by atoms with Crippen molar-refractivity contribution in [2.75, 3.05) is 0 Å². The van der Waals surface area contributed by atoms with Crippen molar-refractivity contribution in [1.82, 2.24) is 9.97 Å². The van der Waals surface area contributed by atoms with E-state index in [-0.39, 0.29) is 0 Å². The van der Waals surface area contributed by atoms with Crippen LogP contribution < -0.4 is 0 Å². The number of rotatable bonds is 2. The summed E-state index contributed by atoms with van der Waals surface area (Å²) >= 11 is 14.4. The van der Waals surface area contributed by atoms with Gasteiger partial charge < -0.3 is 0 Å². The molecule has 0 N–H and O–H groups in total. The molecule has 0 aliphatic heterocycles. The lowest BCUT2D eigenvalue weighted by Crippen LogP contribution is -1.97. The molecular formula is C16H9Cl2IN2. The van der Waals surface area contributed by atoms with Gasteiger partial charge in [0.1, 0.15) is 5.15 Å². The molecule has 0 aliphatic carbocycles. The molecule has 0 radical (unpaired) electrons. The summed E-state index contributed by atoms with van der Waals surface area (Å²) in [6.07, 6.45) is 0. The number of benzene rings is 2. The molecule has 1 heterocycles. The van der Waals surface area contributed by atoms with E-state index in [1.54, 1.807) is 0 Å². The second-order valence-electron chi connectivity index (χ2n) is 4.37. The molecule has 5 heteroatoms. The molecule has 2 aromatic carbocycles. The van der Waals surface area contributed by atoms with Crippen molar-refractivity contribution in [3.05, 3.63) is 68.3 Å². The summed E-state index contributed by atoms with van der Waals surface area (Å²) in [5, 5.41) is 1.13. The molecule has 0 saturated heterocycles. The Labute approximate surface area is 146 Å². The SMILES string of the molecule is Clc1ccc(-c2nc(Cl)c(I)c(-c3ccccc3)n2)cc1. The van der Waals surface area contributed by atoms with Crippen LogP contribution in [0.2, 0.25) is 10.2 Å². The standard InChI is InChI=1S/C16H9Cl2IN2/c17-12-8-6-11(7-9-12)16-20-14(13(19)15(18)21-16)10-4-2-1-3-5-10/h1-9H. The van der Waals surface area contributed by atoms with Crippen LogP contribution in [0.15, 0.2) is 54.6 Å². The second kappa shape index (κ2) is 6.30. The average molecular weight is 427 g/mol. The zero-order valence-corrected chi connectivity index (χ0v) is 14.4. The van der Waals surface area contributed by atoms with Gasteiger partial charge in [0.15, 0.2) is 5.82 Å². The molecular weight excluding hydrogens is 418 g/mol. The highest BCUT2D eigenvalue weighted by Gasteiger charge is 2.13. The van der Waals surface area contributed by atoms with E-state index >= 15 is 0 Å². The first kappa shape index (κ1) is 14.8. The highest BCUT2D eigenvalue weighted by Crippen LogP contribution is 2.30. The van der Waals surface area contributed by atoms with Gasteiger partial charge in [-0.05, 0) is 46.9 Å². The molecule has 3 rings (SSSR count). The number of hydrogen-bond donors (Lipinski definition) is 0. The van der Waals surface area contributed by atoms with E-state index in [0.717, 1.165) is 20.4 Å². The maximum atomic E-state index is 6.27. The molecule has 3 aromatic rings. The number of halogens is 3. The van der Waals surface area contributed by atoms with Crippen molar-refractivity contribution >= 4 is 45.8 Å². The summed E-state index contributed by atoms with van der Waals surface area (Å²) in [7, 11) is 0. The fraction of sp³-hybridized carbons (Fsp3) is 0. The molecule has 21 heavy (non-hydrogen) atoms. The Bertz CT molecular complexity index is 774. The normalized spacial score (nSPS) is 10.6. The van der Waals surface area contributed by atoms with Crippen molar-refractivity contribution in [3.8, 4) is 22.6 Å². The minimum Gasteiger partial charge on any atom is -0.227 e.